The van der Waals surface area contributed by atoms with Gasteiger partial charge in [0, 0.05) is 0 Å². The minimum absolute atomic E-state index is 0.260. The zero-order chi connectivity index (χ0) is 30.5. The summed E-state index contributed by atoms with van der Waals surface area (Å²) in [5.41, 5.74) is 2.26. The van der Waals surface area contributed by atoms with Crippen molar-refractivity contribution in [3.63, 3.8) is 0 Å². The van der Waals surface area contributed by atoms with Crippen LogP contribution in [0, 0.1) is 90.7 Å². The van der Waals surface area contributed by atoms with Crippen LogP contribution in [0.15, 0.2) is 0 Å². The summed E-state index contributed by atoms with van der Waals surface area (Å²) in [5, 5.41) is 0. The zero-order valence-corrected chi connectivity index (χ0v) is 30.4. The molecule has 0 aromatic carbocycles. The minimum atomic E-state index is 0.260. The fourth-order valence-corrected chi connectivity index (χ4v) is 12.9. The Morgan fingerprint density at radius 1 is 0.308 bits per heavy atom. The third kappa shape index (κ3) is 3.32. The lowest BCUT2D eigenvalue weighted by Gasteiger charge is -2.70. The van der Waals surface area contributed by atoms with Crippen molar-refractivity contribution >= 4 is 7.28 Å². The molecule has 0 heterocycles. The summed E-state index contributed by atoms with van der Waals surface area (Å²) in [6.07, 6.45) is 0. The van der Waals surface area contributed by atoms with Crippen LogP contribution in [0.5, 0.6) is 0 Å². The summed E-state index contributed by atoms with van der Waals surface area (Å²) in [4.78, 5) is 0. The lowest BCUT2D eigenvalue weighted by Crippen LogP contribution is -2.64. The van der Waals surface area contributed by atoms with E-state index in [-0.39, 0.29) is 32.5 Å². The minimum Gasteiger partial charge on any atom is -0.0627 e. The summed E-state index contributed by atoms with van der Waals surface area (Å²) in [7, 11) is 3.05. The maximum absolute atomic E-state index is 3.05. The predicted molar refractivity (Wildman–Crippen MR) is 174 cm³/mol. The first-order chi connectivity index (χ1) is 17.1. The number of rotatable bonds is 2. The van der Waals surface area contributed by atoms with Crippen LogP contribution in [-0.2, 0) is 0 Å². The van der Waals surface area contributed by atoms with E-state index in [1.165, 1.54) is 0 Å². The van der Waals surface area contributed by atoms with E-state index in [0.29, 0.717) is 22.5 Å². The van der Waals surface area contributed by atoms with Gasteiger partial charge in [-0.2, -0.15) is 0 Å². The molecule has 0 aliphatic heterocycles. The molecule has 0 spiro atoms. The Morgan fingerprint density at radius 3 is 0.744 bits per heavy atom. The van der Waals surface area contributed by atoms with E-state index in [4.69, 9.17) is 0 Å². The van der Waals surface area contributed by atoms with Crippen molar-refractivity contribution in [3.8, 4) is 0 Å². The quantitative estimate of drug-likeness (QED) is 0.307. The van der Waals surface area contributed by atoms with E-state index < -0.39 is 0 Å². The molecule has 4 saturated carbocycles. The van der Waals surface area contributed by atoms with Gasteiger partial charge < -0.3 is 0 Å². The van der Waals surface area contributed by atoms with Crippen LogP contribution in [0.1, 0.15) is 138 Å². The normalized spacial score (nSPS) is 49.1. The first-order valence-electron chi connectivity index (χ1n) is 17.0. The third-order valence-electron chi connectivity index (χ3n) is 19.0. The van der Waals surface area contributed by atoms with E-state index in [9.17, 15) is 0 Å². The van der Waals surface area contributed by atoms with Gasteiger partial charge in [-0.1, -0.05) is 150 Å². The first kappa shape index (κ1) is 32.0. The summed E-state index contributed by atoms with van der Waals surface area (Å²) in [5.74, 6) is 7.43. The zero-order valence-electron chi connectivity index (χ0n) is 30.4. The fraction of sp³-hybridized carbons (Fsp3) is 1.00. The summed E-state index contributed by atoms with van der Waals surface area (Å²) < 4.78 is 0. The molecule has 0 N–H and O–H groups in total. The highest BCUT2D eigenvalue weighted by Crippen LogP contribution is 2.80. The van der Waals surface area contributed by atoms with Gasteiger partial charge in [0.15, 0.2) is 0 Å². The second-order valence-corrected chi connectivity index (χ2v) is 20.3. The molecule has 225 valence electrons. The molecule has 1 radical (unpaired) electrons. The van der Waals surface area contributed by atoms with E-state index in [1.807, 2.05) is 0 Å². The smallest absolute Gasteiger partial charge is 0.0627 e. The van der Waals surface area contributed by atoms with E-state index in [2.05, 4.69) is 146 Å². The van der Waals surface area contributed by atoms with Crippen LogP contribution in [0.4, 0.5) is 0 Å². The van der Waals surface area contributed by atoms with Crippen LogP contribution in [0.3, 0.4) is 0 Å². The topological polar surface area (TPSA) is 0 Å². The molecule has 4 aliphatic rings. The Hall–Kier alpha value is 0.0649. The number of fused-ring (bicyclic) bond motifs is 2. The van der Waals surface area contributed by atoms with Gasteiger partial charge >= 0.3 is 0 Å². The number of hydrogen-bond donors (Lipinski definition) is 0. The van der Waals surface area contributed by atoms with Gasteiger partial charge in [0.25, 0.3) is 0 Å². The molecule has 0 aromatic rings. The largest absolute Gasteiger partial charge is 0.119 e. The molecule has 39 heavy (non-hydrogen) atoms. The van der Waals surface area contributed by atoms with Crippen molar-refractivity contribution in [2.75, 3.05) is 0 Å². The molecule has 4 fully saturated rings. The first-order valence-corrected chi connectivity index (χ1v) is 17.0. The number of hydrogen-bond acceptors (Lipinski definition) is 0. The molecule has 0 saturated heterocycles. The lowest BCUT2D eigenvalue weighted by molar-refractivity contribution is -0.212. The molecule has 4 rings (SSSR count). The highest BCUT2D eigenvalue weighted by atomic mass is 14.8. The Labute approximate surface area is 247 Å². The molecule has 10 unspecified atom stereocenters. The van der Waals surface area contributed by atoms with E-state index >= 15 is 0 Å². The van der Waals surface area contributed by atoms with Crippen molar-refractivity contribution in [3.05, 3.63) is 0 Å². The predicted octanol–water partition coefficient (Wildman–Crippen LogP) is 11.5. The molecule has 1 heteroatoms. The van der Waals surface area contributed by atoms with Gasteiger partial charge in [-0.15, -0.1) is 0 Å². The average Bonchev–Trinajstić information content (AvgIpc) is 3.18. The molecular formula is C38H70B. The molecule has 0 nitrogen and oxygen atoms in total. The standard InChI is InChI=1S/C38H70B/c1-21-23(3)29(27-25(21)31(5,6)35(13,14)37(17,18)33(27,9)10)39-30-24(4)22(2)26-28(30)34(11,12)38(19,20)36(15,16)32(26,7)8/h21-30H,1-20H3. The summed E-state index contributed by atoms with van der Waals surface area (Å²) in [6.45, 7) is 52.6. The summed E-state index contributed by atoms with van der Waals surface area (Å²) >= 11 is 0. The maximum Gasteiger partial charge on any atom is 0.119 e. The van der Waals surface area contributed by atoms with Crippen LogP contribution in [0.2, 0.25) is 11.6 Å². The Bertz CT molecular complexity index is 893. The summed E-state index contributed by atoms with van der Waals surface area (Å²) in [6, 6.07) is 0. The maximum atomic E-state index is 3.05. The van der Waals surface area contributed by atoms with Crippen molar-refractivity contribution < 1.29 is 0 Å². The van der Waals surface area contributed by atoms with Gasteiger partial charge in [-0.25, -0.2) is 0 Å². The van der Waals surface area contributed by atoms with E-state index in [1.54, 1.807) is 0 Å². The average molecular weight is 538 g/mol. The van der Waals surface area contributed by atoms with Crippen molar-refractivity contribution in [2.24, 2.45) is 90.7 Å². The molecule has 4 aliphatic carbocycles. The van der Waals surface area contributed by atoms with Crippen molar-refractivity contribution in [1.82, 2.24) is 0 Å². The molecule has 0 amide bonds. The van der Waals surface area contributed by atoms with Gasteiger partial charge in [0.1, 0.15) is 7.28 Å². The monoisotopic (exact) mass is 538 g/mol. The van der Waals surface area contributed by atoms with Crippen LogP contribution in [-0.4, -0.2) is 7.28 Å². The van der Waals surface area contributed by atoms with Gasteiger partial charge in [-0.3, -0.25) is 0 Å². The Kier molecular flexibility index (Phi) is 6.86. The lowest BCUT2D eigenvalue weighted by atomic mass is 9.30. The van der Waals surface area contributed by atoms with E-state index in [0.717, 1.165) is 47.3 Å². The van der Waals surface area contributed by atoms with Crippen LogP contribution in [0.25, 0.3) is 0 Å². The molecule has 0 aromatic heterocycles. The third-order valence-corrected chi connectivity index (χ3v) is 19.0. The van der Waals surface area contributed by atoms with Gasteiger partial charge in [0.05, 0.1) is 0 Å². The highest BCUT2D eigenvalue weighted by molar-refractivity contribution is 6.40. The molecule has 10 atom stereocenters. The second-order valence-electron chi connectivity index (χ2n) is 20.3. The molecular weight excluding hydrogens is 467 g/mol. The highest BCUT2D eigenvalue weighted by Gasteiger charge is 2.73. The van der Waals surface area contributed by atoms with Crippen molar-refractivity contribution in [2.45, 2.75) is 150 Å². The van der Waals surface area contributed by atoms with Gasteiger partial charge in [-0.05, 0) is 90.7 Å². The second kappa shape index (κ2) is 8.37. The van der Waals surface area contributed by atoms with Crippen LogP contribution >= 0.6 is 0 Å². The fourth-order valence-electron chi connectivity index (χ4n) is 12.9. The Morgan fingerprint density at radius 2 is 0.513 bits per heavy atom. The van der Waals surface area contributed by atoms with Crippen LogP contribution < -0.4 is 0 Å². The Balaban J connectivity index is 1.85. The van der Waals surface area contributed by atoms with Gasteiger partial charge in [0.2, 0.25) is 0 Å². The SMILES string of the molecule is CC1C(C)C2C(C1[B]C1C(C)C(C)C3C1C(C)(C)C(C)(C)C(C)(C)C3(C)C)C(C)(C)C(C)(C)C(C)(C)C2(C)C. The molecule has 0 bridgehead atoms. The van der Waals surface area contributed by atoms with Crippen molar-refractivity contribution in [1.29, 1.82) is 0 Å².